The summed E-state index contributed by atoms with van der Waals surface area (Å²) in [5, 5.41) is 0.970. The number of carbonyl (C=O) groups excluding carboxylic acids is 2. The first-order chi connectivity index (χ1) is 22.1. The molecule has 0 saturated carbocycles. The van der Waals surface area contributed by atoms with E-state index in [2.05, 4.69) is 93.6 Å². The van der Waals surface area contributed by atoms with Crippen LogP contribution in [0.3, 0.4) is 0 Å². The molecular formula is C38H30N4O2S. The molecule has 1 aliphatic carbocycles. The third-order valence-corrected chi connectivity index (χ3v) is 9.80. The number of nitrogens with zero attached hydrogens (tertiary/aromatic N) is 4. The predicted molar refractivity (Wildman–Crippen MR) is 182 cm³/mol. The Morgan fingerprint density at radius 1 is 0.689 bits per heavy atom. The molecule has 0 atom stereocenters. The standard InChI is InChI=1S/C38H30N4O2S/c1-25-36(38(44)30-15-6-5-14-29(30)37(25)43)41-21-19-40(20-22-41)35-24-26(23-34-39-31-16-8-10-18-33(31)45-34)28-13-7-9-17-32(28)42(35)27-11-3-2-4-12-27/h2-18,23-24H,19-22H2,1H3/b26-23+. The van der Waals surface area contributed by atoms with Crippen molar-refractivity contribution in [2.75, 3.05) is 31.1 Å². The van der Waals surface area contributed by atoms with Crippen LogP contribution >= 0.6 is 11.3 Å². The first kappa shape index (κ1) is 27.3. The number of Topliss-reactive ketones (excluding diaryl/α,β-unsaturated/α-hetero) is 2. The van der Waals surface area contributed by atoms with Gasteiger partial charge in [-0.2, -0.15) is 0 Å². The van der Waals surface area contributed by atoms with Crippen LogP contribution in [-0.2, 0) is 0 Å². The smallest absolute Gasteiger partial charge is 0.210 e. The molecular weight excluding hydrogens is 577 g/mol. The monoisotopic (exact) mass is 606 g/mol. The quantitative estimate of drug-likeness (QED) is 0.208. The highest BCUT2D eigenvalue weighted by atomic mass is 32.1. The fourth-order valence-electron chi connectivity index (χ4n) is 6.63. The van der Waals surface area contributed by atoms with Gasteiger partial charge in [0.15, 0.2) is 5.78 Å². The number of ketones is 2. The fourth-order valence-corrected chi connectivity index (χ4v) is 7.55. The van der Waals surface area contributed by atoms with Crippen LogP contribution in [0.25, 0.3) is 21.9 Å². The van der Waals surface area contributed by atoms with Crippen molar-refractivity contribution in [3.05, 3.63) is 148 Å². The Bertz CT molecular complexity index is 2050. The van der Waals surface area contributed by atoms with Crippen LogP contribution in [-0.4, -0.2) is 52.5 Å². The van der Waals surface area contributed by atoms with Gasteiger partial charge in [0.25, 0.3) is 0 Å². The van der Waals surface area contributed by atoms with Crippen LogP contribution in [0.1, 0.15) is 38.2 Å². The fraction of sp³-hybridized carbons (Fsp3) is 0.132. The van der Waals surface area contributed by atoms with Gasteiger partial charge in [-0.25, -0.2) is 4.98 Å². The summed E-state index contributed by atoms with van der Waals surface area (Å²) in [5.41, 5.74) is 7.53. The third-order valence-electron chi connectivity index (χ3n) is 8.82. The van der Waals surface area contributed by atoms with E-state index in [0.717, 1.165) is 38.9 Å². The van der Waals surface area contributed by atoms with Gasteiger partial charge in [-0.05, 0) is 55.0 Å². The molecule has 0 unspecified atom stereocenters. The van der Waals surface area contributed by atoms with Crippen LogP contribution < -0.4 is 4.90 Å². The number of thiazole rings is 1. The number of rotatable bonds is 4. The van der Waals surface area contributed by atoms with Crippen LogP contribution in [0.2, 0.25) is 0 Å². The Morgan fingerprint density at radius 2 is 1.31 bits per heavy atom. The van der Waals surface area contributed by atoms with E-state index >= 15 is 0 Å². The van der Waals surface area contributed by atoms with Crippen molar-refractivity contribution in [2.24, 2.45) is 0 Å². The molecule has 0 spiro atoms. The van der Waals surface area contributed by atoms with Crippen molar-refractivity contribution in [1.29, 1.82) is 0 Å². The highest BCUT2D eigenvalue weighted by Gasteiger charge is 2.35. The number of para-hydroxylation sites is 3. The lowest BCUT2D eigenvalue weighted by atomic mass is 9.87. The van der Waals surface area contributed by atoms with Crippen molar-refractivity contribution in [3.8, 4) is 0 Å². The number of allylic oxidation sites excluding steroid dienone is 4. The summed E-state index contributed by atoms with van der Waals surface area (Å²) in [4.78, 5) is 38.6. The Labute approximate surface area is 265 Å². The van der Waals surface area contributed by atoms with Crippen LogP contribution in [0.4, 0.5) is 11.4 Å². The molecule has 0 bridgehead atoms. The van der Waals surface area contributed by atoms with E-state index in [-0.39, 0.29) is 11.6 Å². The van der Waals surface area contributed by atoms with E-state index in [1.165, 1.54) is 4.70 Å². The van der Waals surface area contributed by atoms with Crippen molar-refractivity contribution >= 4 is 56.1 Å². The first-order valence-corrected chi connectivity index (χ1v) is 16.0. The van der Waals surface area contributed by atoms with Gasteiger partial charge in [-0.3, -0.25) is 14.5 Å². The molecule has 7 heteroatoms. The van der Waals surface area contributed by atoms with Gasteiger partial charge in [0.05, 0.1) is 21.6 Å². The molecule has 6 nitrogen and oxygen atoms in total. The molecule has 8 rings (SSSR count). The van der Waals surface area contributed by atoms with Crippen LogP contribution in [0.5, 0.6) is 0 Å². The molecule has 0 radical (unpaired) electrons. The first-order valence-electron chi connectivity index (χ1n) is 15.2. The number of aromatic nitrogens is 1. The summed E-state index contributed by atoms with van der Waals surface area (Å²) >= 11 is 1.70. The molecule has 4 aromatic carbocycles. The Hall–Kier alpha value is -5.27. The van der Waals surface area contributed by atoms with Crippen LogP contribution in [0, 0.1) is 0 Å². The Kier molecular flexibility index (Phi) is 6.68. The zero-order chi connectivity index (χ0) is 30.5. The minimum atomic E-state index is -0.0612. The van der Waals surface area contributed by atoms with Crippen molar-refractivity contribution in [3.63, 3.8) is 0 Å². The zero-order valence-corrected chi connectivity index (χ0v) is 25.6. The predicted octanol–water partition coefficient (Wildman–Crippen LogP) is 7.80. The van der Waals surface area contributed by atoms with Crippen molar-refractivity contribution in [1.82, 2.24) is 14.8 Å². The molecule has 1 aromatic heterocycles. The van der Waals surface area contributed by atoms with Gasteiger partial charge in [-0.15, -0.1) is 11.3 Å². The minimum Gasteiger partial charge on any atom is -0.364 e. The third kappa shape index (κ3) is 4.67. The van der Waals surface area contributed by atoms with E-state index < -0.39 is 0 Å². The summed E-state index contributed by atoms with van der Waals surface area (Å²) in [5.74, 6) is 0.956. The van der Waals surface area contributed by atoms with E-state index in [4.69, 9.17) is 4.98 Å². The number of piperazine rings is 1. The summed E-state index contributed by atoms with van der Waals surface area (Å²) in [6.07, 6.45) is 4.47. The molecule has 1 fully saturated rings. The van der Waals surface area contributed by atoms with E-state index in [0.29, 0.717) is 48.6 Å². The topological polar surface area (TPSA) is 56.8 Å². The molecule has 1 saturated heterocycles. The van der Waals surface area contributed by atoms with Crippen molar-refractivity contribution < 1.29 is 9.59 Å². The van der Waals surface area contributed by atoms with Crippen LogP contribution in [0.15, 0.2) is 126 Å². The largest absolute Gasteiger partial charge is 0.364 e. The van der Waals surface area contributed by atoms with Gasteiger partial charge in [0.1, 0.15) is 10.8 Å². The summed E-state index contributed by atoms with van der Waals surface area (Å²) in [6.45, 7) is 4.45. The average molecular weight is 607 g/mol. The maximum atomic E-state index is 13.6. The minimum absolute atomic E-state index is 0.0610. The van der Waals surface area contributed by atoms with E-state index in [1.54, 1.807) is 30.4 Å². The molecule has 3 heterocycles. The van der Waals surface area contributed by atoms with Gasteiger partial charge in [0, 0.05) is 54.1 Å². The van der Waals surface area contributed by atoms with Gasteiger partial charge in [0.2, 0.25) is 5.78 Å². The van der Waals surface area contributed by atoms with Gasteiger partial charge < -0.3 is 9.80 Å². The number of benzene rings is 4. The number of fused-ring (bicyclic) bond motifs is 3. The second-order valence-electron chi connectivity index (χ2n) is 11.5. The van der Waals surface area contributed by atoms with E-state index in [1.807, 2.05) is 24.3 Å². The van der Waals surface area contributed by atoms with Gasteiger partial charge in [-0.1, -0.05) is 72.8 Å². The normalized spacial score (nSPS) is 17.6. The average Bonchev–Trinajstić information content (AvgIpc) is 3.50. The second-order valence-corrected chi connectivity index (χ2v) is 12.5. The highest BCUT2D eigenvalue weighted by molar-refractivity contribution is 7.19. The molecule has 45 heavy (non-hydrogen) atoms. The molecule has 220 valence electrons. The zero-order valence-electron chi connectivity index (χ0n) is 24.8. The summed E-state index contributed by atoms with van der Waals surface area (Å²) < 4.78 is 1.17. The molecule has 0 amide bonds. The number of hydrogen-bond acceptors (Lipinski definition) is 7. The number of carbonyl (C=O) groups is 2. The lowest BCUT2D eigenvalue weighted by Crippen LogP contribution is -2.50. The second kappa shape index (κ2) is 11.0. The van der Waals surface area contributed by atoms with Crippen molar-refractivity contribution in [2.45, 2.75) is 6.92 Å². The highest BCUT2D eigenvalue weighted by Crippen LogP contribution is 2.43. The molecule has 0 N–H and O–H groups in total. The summed E-state index contributed by atoms with van der Waals surface area (Å²) in [7, 11) is 0. The Morgan fingerprint density at radius 3 is 2.07 bits per heavy atom. The van der Waals surface area contributed by atoms with E-state index in [9.17, 15) is 9.59 Å². The molecule has 5 aromatic rings. The lowest BCUT2D eigenvalue weighted by Gasteiger charge is -2.44. The number of hydrogen-bond donors (Lipinski definition) is 0. The molecule has 3 aliphatic rings. The maximum Gasteiger partial charge on any atom is 0.210 e. The number of anilines is 2. The Balaban J connectivity index is 1.17. The maximum absolute atomic E-state index is 13.6. The summed E-state index contributed by atoms with van der Waals surface area (Å²) in [6, 6.07) is 34.4. The molecule has 2 aliphatic heterocycles. The lowest BCUT2D eigenvalue weighted by molar-refractivity contribution is 0.0918. The SMILES string of the molecule is CC1=C(N2CCN(C3=C/C(=C\c4nc5ccccc5s4)c4ccccc4N3c3ccccc3)CC2)C(=O)c2ccccc2C1=O. The van der Waals surface area contributed by atoms with Gasteiger partial charge >= 0.3 is 0 Å².